The standard InChI is InChI=1S/C16H15ClO2S/c1-11-9-13(17)8-7-12(11)10-15(16(18)19)20-14-5-3-2-4-6-14/h2-9,15H,10H2,1H3,(H,18,19)/t15-/m0/s1. The first-order valence-electron chi connectivity index (χ1n) is 6.26. The number of thioether (sulfide) groups is 1. The van der Waals surface area contributed by atoms with E-state index in [4.69, 9.17) is 11.6 Å². The van der Waals surface area contributed by atoms with Crippen molar-refractivity contribution >= 4 is 29.3 Å². The molecule has 2 rings (SSSR count). The lowest BCUT2D eigenvalue weighted by atomic mass is 10.0. The van der Waals surface area contributed by atoms with Gasteiger partial charge in [-0.3, -0.25) is 4.79 Å². The van der Waals surface area contributed by atoms with Gasteiger partial charge in [0.05, 0.1) is 0 Å². The smallest absolute Gasteiger partial charge is 0.317 e. The first kappa shape index (κ1) is 14.9. The minimum Gasteiger partial charge on any atom is -0.480 e. The average Bonchev–Trinajstić information content (AvgIpc) is 2.42. The Balaban J connectivity index is 2.15. The maximum atomic E-state index is 11.4. The van der Waals surface area contributed by atoms with E-state index >= 15 is 0 Å². The number of hydrogen-bond donors (Lipinski definition) is 1. The number of aryl methyl sites for hydroxylation is 1. The van der Waals surface area contributed by atoms with Crippen LogP contribution in [0.3, 0.4) is 0 Å². The van der Waals surface area contributed by atoms with Crippen molar-refractivity contribution in [3.8, 4) is 0 Å². The average molecular weight is 307 g/mol. The van der Waals surface area contributed by atoms with Gasteiger partial charge in [0.1, 0.15) is 5.25 Å². The molecule has 0 radical (unpaired) electrons. The second kappa shape index (κ2) is 6.82. The third-order valence-electron chi connectivity index (χ3n) is 3.01. The minimum atomic E-state index is -0.798. The summed E-state index contributed by atoms with van der Waals surface area (Å²) in [6.07, 6.45) is 0.484. The quantitative estimate of drug-likeness (QED) is 0.830. The Labute approximate surface area is 127 Å². The summed E-state index contributed by atoms with van der Waals surface area (Å²) in [5.41, 5.74) is 2.04. The molecule has 2 aromatic carbocycles. The van der Waals surface area contributed by atoms with Crippen LogP contribution < -0.4 is 0 Å². The summed E-state index contributed by atoms with van der Waals surface area (Å²) < 4.78 is 0. The van der Waals surface area contributed by atoms with E-state index in [2.05, 4.69) is 0 Å². The molecule has 0 aliphatic heterocycles. The Hall–Kier alpha value is -1.45. The predicted octanol–water partition coefficient (Wildman–Crippen LogP) is 4.44. The van der Waals surface area contributed by atoms with Crippen LogP contribution in [0.1, 0.15) is 11.1 Å². The molecule has 0 fully saturated rings. The molecule has 0 amide bonds. The van der Waals surface area contributed by atoms with Gasteiger partial charge in [-0.05, 0) is 48.7 Å². The van der Waals surface area contributed by atoms with Gasteiger partial charge in [0.2, 0.25) is 0 Å². The Morgan fingerprint density at radius 2 is 1.95 bits per heavy atom. The van der Waals surface area contributed by atoms with Crippen LogP contribution in [-0.4, -0.2) is 16.3 Å². The normalized spacial score (nSPS) is 12.1. The second-order valence-corrected chi connectivity index (χ2v) is 6.25. The summed E-state index contributed by atoms with van der Waals surface area (Å²) in [7, 11) is 0. The molecule has 0 aliphatic rings. The zero-order chi connectivity index (χ0) is 14.5. The third-order valence-corrected chi connectivity index (χ3v) is 4.44. The molecule has 0 spiro atoms. The molecule has 20 heavy (non-hydrogen) atoms. The van der Waals surface area contributed by atoms with Crippen LogP contribution in [0, 0.1) is 6.92 Å². The fourth-order valence-corrected chi connectivity index (χ4v) is 3.16. The molecule has 2 aromatic rings. The van der Waals surface area contributed by atoms with Crippen LogP contribution in [0.2, 0.25) is 5.02 Å². The summed E-state index contributed by atoms with van der Waals surface area (Å²) in [5.74, 6) is -0.798. The minimum absolute atomic E-state index is 0.484. The molecule has 2 nitrogen and oxygen atoms in total. The van der Waals surface area contributed by atoms with E-state index in [1.54, 1.807) is 6.07 Å². The fraction of sp³-hybridized carbons (Fsp3) is 0.188. The summed E-state index contributed by atoms with van der Waals surface area (Å²) in [6, 6.07) is 15.2. The number of halogens is 1. The van der Waals surface area contributed by atoms with Crippen molar-refractivity contribution < 1.29 is 9.90 Å². The number of carboxylic acid groups (broad SMARTS) is 1. The van der Waals surface area contributed by atoms with E-state index < -0.39 is 11.2 Å². The first-order chi connectivity index (χ1) is 9.56. The van der Waals surface area contributed by atoms with Gasteiger partial charge in [-0.2, -0.15) is 0 Å². The van der Waals surface area contributed by atoms with Crippen LogP contribution in [-0.2, 0) is 11.2 Å². The van der Waals surface area contributed by atoms with Crippen LogP contribution in [0.4, 0.5) is 0 Å². The molecular weight excluding hydrogens is 292 g/mol. The lowest BCUT2D eigenvalue weighted by Gasteiger charge is -2.14. The second-order valence-electron chi connectivity index (χ2n) is 4.53. The van der Waals surface area contributed by atoms with Gasteiger partial charge in [-0.1, -0.05) is 35.9 Å². The first-order valence-corrected chi connectivity index (χ1v) is 7.51. The highest BCUT2D eigenvalue weighted by Gasteiger charge is 2.20. The lowest BCUT2D eigenvalue weighted by Crippen LogP contribution is -2.19. The van der Waals surface area contributed by atoms with Crippen LogP contribution >= 0.6 is 23.4 Å². The highest BCUT2D eigenvalue weighted by Crippen LogP contribution is 2.27. The van der Waals surface area contributed by atoms with E-state index in [-0.39, 0.29) is 0 Å². The Morgan fingerprint density at radius 3 is 2.55 bits per heavy atom. The van der Waals surface area contributed by atoms with Gasteiger partial charge in [-0.15, -0.1) is 11.8 Å². The monoisotopic (exact) mass is 306 g/mol. The zero-order valence-corrected chi connectivity index (χ0v) is 12.6. The molecular formula is C16H15ClO2S. The SMILES string of the molecule is Cc1cc(Cl)ccc1C[C@H](Sc1ccccc1)C(=O)O. The van der Waals surface area contributed by atoms with Crippen LogP contribution in [0.25, 0.3) is 0 Å². The van der Waals surface area contributed by atoms with E-state index in [1.807, 2.05) is 49.4 Å². The maximum absolute atomic E-state index is 11.4. The molecule has 1 atom stereocenters. The van der Waals surface area contributed by atoms with Crippen molar-refractivity contribution in [3.63, 3.8) is 0 Å². The third kappa shape index (κ3) is 4.02. The van der Waals surface area contributed by atoms with Crippen LogP contribution in [0.5, 0.6) is 0 Å². The van der Waals surface area contributed by atoms with E-state index in [9.17, 15) is 9.90 Å². The number of rotatable bonds is 5. The van der Waals surface area contributed by atoms with Gasteiger partial charge in [0.25, 0.3) is 0 Å². The van der Waals surface area contributed by atoms with Gasteiger partial charge < -0.3 is 5.11 Å². The molecule has 0 aliphatic carbocycles. The van der Waals surface area contributed by atoms with E-state index in [0.29, 0.717) is 11.4 Å². The zero-order valence-electron chi connectivity index (χ0n) is 11.0. The van der Waals surface area contributed by atoms with Gasteiger partial charge in [-0.25, -0.2) is 0 Å². The largest absolute Gasteiger partial charge is 0.480 e. The van der Waals surface area contributed by atoms with Crippen molar-refractivity contribution in [3.05, 3.63) is 64.7 Å². The van der Waals surface area contributed by atoms with E-state index in [1.165, 1.54) is 11.8 Å². The lowest BCUT2D eigenvalue weighted by molar-refractivity contribution is -0.136. The number of benzene rings is 2. The van der Waals surface area contributed by atoms with Crippen molar-refractivity contribution in [1.82, 2.24) is 0 Å². The summed E-state index contributed by atoms with van der Waals surface area (Å²) >= 11 is 7.30. The van der Waals surface area contributed by atoms with Crippen molar-refractivity contribution in [2.75, 3.05) is 0 Å². The number of carboxylic acids is 1. The van der Waals surface area contributed by atoms with Crippen molar-refractivity contribution in [2.45, 2.75) is 23.5 Å². The Kier molecular flexibility index (Phi) is 5.10. The topological polar surface area (TPSA) is 37.3 Å². The molecule has 0 saturated carbocycles. The Bertz CT molecular complexity index is 599. The fourth-order valence-electron chi connectivity index (χ4n) is 1.93. The highest BCUT2D eigenvalue weighted by atomic mass is 35.5. The summed E-state index contributed by atoms with van der Waals surface area (Å²) in [6.45, 7) is 1.95. The maximum Gasteiger partial charge on any atom is 0.317 e. The van der Waals surface area contributed by atoms with E-state index in [0.717, 1.165) is 16.0 Å². The molecule has 0 bridgehead atoms. The molecule has 0 saturated heterocycles. The Morgan fingerprint density at radius 1 is 1.25 bits per heavy atom. The number of carbonyl (C=O) groups is 1. The van der Waals surface area contributed by atoms with Crippen molar-refractivity contribution in [2.24, 2.45) is 0 Å². The molecule has 0 heterocycles. The summed E-state index contributed by atoms with van der Waals surface area (Å²) in [5, 5.41) is 9.57. The molecule has 0 unspecified atom stereocenters. The number of aliphatic carboxylic acids is 1. The van der Waals surface area contributed by atoms with Gasteiger partial charge in [0, 0.05) is 9.92 Å². The van der Waals surface area contributed by atoms with Crippen molar-refractivity contribution in [1.29, 1.82) is 0 Å². The van der Waals surface area contributed by atoms with Gasteiger partial charge >= 0.3 is 5.97 Å². The predicted molar refractivity (Wildman–Crippen MR) is 83.6 cm³/mol. The van der Waals surface area contributed by atoms with Crippen LogP contribution in [0.15, 0.2) is 53.4 Å². The molecule has 4 heteroatoms. The highest BCUT2D eigenvalue weighted by molar-refractivity contribution is 8.00. The summed E-state index contributed by atoms with van der Waals surface area (Å²) in [4.78, 5) is 12.4. The number of hydrogen-bond acceptors (Lipinski definition) is 2. The molecule has 0 aromatic heterocycles. The molecule has 1 N–H and O–H groups in total. The molecule has 104 valence electrons. The van der Waals surface area contributed by atoms with Gasteiger partial charge in [0.15, 0.2) is 0 Å².